The SMILES string of the molecule is CC1CCc2cc(NCCOCCN)cc3c(=O)c(C(=O)O)cn1c23.O=CO. The Bertz CT molecular complexity index is 909. The van der Waals surface area contributed by atoms with Gasteiger partial charge >= 0.3 is 5.97 Å². The Morgan fingerprint density at radius 2 is 2.14 bits per heavy atom. The lowest BCUT2D eigenvalue weighted by molar-refractivity contribution is -0.122. The van der Waals surface area contributed by atoms with Gasteiger partial charge in [-0.25, -0.2) is 4.79 Å². The molecule has 5 N–H and O–H groups in total. The summed E-state index contributed by atoms with van der Waals surface area (Å²) < 4.78 is 7.26. The highest BCUT2D eigenvalue weighted by Crippen LogP contribution is 2.32. The van der Waals surface area contributed by atoms with Gasteiger partial charge in [-0.1, -0.05) is 0 Å². The van der Waals surface area contributed by atoms with Gasteiger partial charge < -0.3 is 30.6 Å². The predicted octanol–water partition coefficient (Wildman–Crippen LogP) is 1.29. The summed E-state index contributed by atoms with van der Waals surface area (Å²) >= 11 is 0. The minimum Gasteiger partial charge on any atom is -0.483 e. The number of nitrogens with zero attached hydrogens (tertiary/aromatic N) is 1. The molecule has 1 aliphatic rings. The van der Waals surface area contributed by atoms with Crippen molar-refractivity contribution < 1.29 is 24.5 Å². The molecule has 1 atom stereocenters. The summed E-state index contributed by atoms with van der Waals surface area (Å²) in [6.07, 6.45) is 3.25. The lowest BCUT2D eigenvalue weighted by Crippen LogP contribution is -2.24. The zero-order valence-corrected chi connectivity index (χ0v) is 15.7. The Balaban J connectivity index is 0.000000878. The second-order valence-corrected chi connectivity index (χ2v) is 6.44. The number of rotatable bonds is 7. The molecule has 2 heterocycles. The third kappa shape index (κ3) is 4.68. The molecule has 1 aromatic heterocycles. The molecule has 0 saturated heterocycles. The monoisotopic (exact) mass is 391 g/mol. The molecule has 0 radical (unpaired) electrons. The van der Waals surface area contributed by atoms with Crippen LogP contribution in [0.5, 0.6) is 0 Å². The summed E-state index contributed by atoms with van der Waals surface area (Å²) in [5.41, 5.74) is 7.48. The number of benzene rings is 1. The standard InChI is InChI=1S/C18H23N3O4.CH2O2/c1-11-2-3-12-8-13(20-5-7-25-6-4-19)9-14-16(12)21(11)10-15(17(14)22)18(23)24;2-1-3/h8-11,20H,2-7,19H2,1H3,(H,23,24);1H,(H,2,3). The number of hydrogen-bond donors (Lipinski definition) is 4. The summed E-state index contributed by atoms with van der Waals surface area (Å²) in [7, 11) is 0. The van der Waals surface area contributed by atoms with Crippen molar-refractivity contribution in [1.82, 2.24) is 4.57 Å². The van der Waals surface area contributed by atoms with Gasteiger partial charge in [0.05, 0.1) is 18.7 Å². The first-order valence-corrected chi connectivity index (χ1v) is 8.99. The number of ether oxygens (including phenoxy) is 1. The summed E-state index contributed by atoms with van der Waals surface area (Å²) in [4.78, 5) is 32.4. The maximum atomic E-state index is 12.6. The number of pyridine rings is 1. The van der Waals surface area contributed by atoms with E-state index in [4.69, 9.17) is 20.4 Å². The second-order valence-electron chi connectivity index (χ2n) is 6.44. The molecule has 9 heteroatoms. The molecule has 9 nitrogen and oxygen atoms in total. The fourth-order valence-corrected chi connectivity index (χ4v) is 3.33. The molecule has 0 saturated carbocycles. The van der Waals surface area contributed by atoms with Crippen LogP contribution in [-0.2, 0) is 16.0 Å². The molecule has 0 amide bonds. The number of anilines is 1. The van der Waals surface area contributed by atoms with Gasteiger partial charge in [0, 0.05) is 36.4 Å². The van der Waals surface area contributed by atoms with Gasteiger partial charge in [-0.05, 0) is 37.5 Å². The van der Waals surface area contributed by atoms with Crippen LogP contribution in [0, 0.1) is 0 Å². The van der Waals surface area contributed by atoms with Crippen LogP contribution >= 0.6 is 0 Å². The fourth-order valence-electron chi connectivity index (χ4n) is 3.33. The van der Waals surface area contributed by atoms with Crippen LogP contribution in [-0.4, -0.2) is 53.5 Å². The number of carboxylic acid groups (broad SMARTS) is 2. The number of aromatic nitrogens is 1. The van der Waals surface area contributed by atoms with E-state index in [-0.39, 0.29) is 18.1 Å². The van der Waals surface area contributed by atoms with Gasteiger partial charge in [0.2, 0.25) is 5.43 Å². The van der Waals surface area contributed by atoms with Crippen molar-refractivity contribution in [2.24, 2.45) is 5.73 Å². The highest BCUT2D eigenvalue weighted by Gasteiger charge is 2.23. The Kier molecular flexibility index (Phi) is 7.53. The zero-order chi connectivity index (χ0) is 20.7. The van der Waals surface area contributed by atoms with E-state index in [9.17, 15) is 14.7 Å². The van der Waals surface area contributed by atoms with Crippen molar-refractivity contribution in [3.05, 3.63) is 39.7 Å². The van der Waals surface area contributed by atoms with Crippen molar-refractivity contribution in [2.75, 3.05) is 31.6 Å². The van der Waals surface area contributed by atoms with Gasteiger partial charge in [0.1, 0.15) is 5.56 Å². The number of aromatic carboxylic acids is 1. The predicted molar refractivity (Wildman–Crippen MR) is 105 cm³/mol. The lowest BCUT2D eigenvalue weighted by Gasteiger charge is -2.27. The first-order valence-electron chi connectivity index (χ1n) is 8.99. The van der Waals surface area contributed by atoms with E-state index in [1.807, 2.05) is 17.6 Å². The van der Waals surface area contributed by atoms with Crippen molar-refractivity contribution in [3.8, 4) is 0 Å². The number of hydrogen-bond acceptors (Lipinski definition) is 6. The Hall–Kier alpha value is -2.91. The second kappa shape index (κ2) is 9.86. The third-order valence-corrected chi connectivity index (χ3v) is 4.58. The first-order chi connectivity index (χ1) is 13.4. The fraction of sp³-hybridized carbons (Fsp3) is 0.421. The summed E-state index contributed by atoms with van der Waals surface area (Å²) in [5.74, 6) is -1.19. The molecule has 0 spiro atoms. The summed E-state index contributed by atoms with van der Waals surface area (Å²) in [6.45, 7) is 3.89. The van der Waals surface area contributed by atoms with Crippen LogP contribution in [0.2, 0.25) is 0 Å². The highest BCUT2D eigenvalue weighted by molar-refractivity contribution is 5.95. The van der Waals surface area contributed by atoms with E-state index >= 15 is 0 Å². The van der Waals surface area contributed by atoms with Crippen molar-refractivity contribution >= 4 is 29.0 Å². The van der Waals surface area contributed by atoms with Gasteiger partial charge in [-0.3, -0.25) is 9.59 Å². The van der Waals surface area contributed by atoms with Gasteiger partial charge in [0.25, 0.3) is 6.47 Å². The molecule has 1 aromatic carbocycles. The largest absolute Gasteiger partial charge is 0.483 e. The average molecular weight is 391 g/mol. The number of nitrogens with one attached hydrogen (secondary N) is 1. The van der Waals surface area contributed by atoms with Crippen LogP contribution in [0.1, 0.15) is 35.3 Å². The van der Waals surface area contributed by atoms with E-state index in [0.717, 1.165) is 29.6 Å². The van der Waals surface area contributed by atoms with Crippen molar-refractivity contribution in [3.63, 3.8) is 0 Å². The number of carboxylic acids is 1. The maximum Gasteiger partial charge on any atom is 0.341 e. The molecular weight excluding hydrogens is 366 g/mol. The quantitative estimate of drug-likeness (QED) is 0.408. The van der Waals surface area contributed by atoms with E-state index in [1.54, 1.807) is 6.07 Å². The maximum absolute atomic E-state index is 12.6. The van der Waals surface area contributed by atoms with Crippen molar-refractivity contribution in [2.45, 2.75) is 25.8 Å². The Morgan fingerprint density at radius 3 is 2.79 bits per heavy atom. The molecule has 28 heavy (non-hydrogen) atoms. The smallest absolute Gasteiger partial charge is 0.341 e. The van der Waals surface area contributed by atoms with Gasteiger partial charge in [-0.15, -0.1) is 0 Å². The third-order valence-electron chi connectivity index (χ3n) is 4.58. The number of carbonyl (C=O) groups is 2. The normalized spacial score (nSPS) is 14.9. The van der Waals surface area contributed by atoms with E-state index < -0.39 is 11.4 Å². The molecular formula is C19H25N3O6. The average Bonchev–Trinajstić information content (AvgIpc) is 2.66. The highest BCUT2D eigenvalue weighted by atomic mass is 16.5. The van der Waals surface area contributed by atoms with Crippen LogP contribution in [0.25, 0.3) is 10.9 Å². The minimum atomic E-state index is -1.19. The molecule has 152 valence electrons. The molecule has 3 rings (SSSR count). The van der Waals surface area contributed by atoms with Gasteiger partial charge in [0.15, 0.2) is 0 Å². The van der Waals surface area contributed by atoms with Crippen LogP contribution in [0.4, 0.5) is 5.69 Å². The molecule has 1 aliphatic heterocycles. The zero-order valence-electron chi connectivity index (χ0n) is 15.7. The molecule has 1 unspecified atom stereocenters. The Morgan fingerprint density at radius 1 is 1.43 bits per heavy atom. The molecule has 0 aliphatic carbocycles. The molecule has 0 bridgehead atoms. The van der Waals surface area contributed by atoms with Gasteiger partial charge in [-0.2, -0.15) is 0 Å². The van der Waals surface area contributed by atoms with Crippen LogP contribution in [0.15, 0.2) is 23.1 Å². The van der Waals surface area contributed by atoms with Crippen LogP contribution in [0.3, 0.4) is 0 Å². The van der Waals surface area contributed by atoms with E-state index in [2.05, 4.69) is 5.32 Å². The summed E-state index contributed by atoms with van der Waals surface area (Å²) in [6, 6.07) is 3.94. The van der Waals surface area contributed by atoms with E-state index in [0.29, 0.717) is 31.7 Å². The minimum absolute atomic E-state index is 0.164. The van der Waals surface area contributed by atoms with E-state index in [1.165, 1.54) is 6.20 Å². The Labute approximate surface area is 161 Å². The van der Waals surface area contributed by atoms with Crippen molar-refractivity contribution in [1.29, 1.82) is 0 Å². The lowest BCUT2D eigenvalue weighted by atomic mass is 9.95. The molecule has 0 fully saturated rings. The number of aryl methyl sites for hydroxylation is 1. The summed E-state index contributed by atoms with van der Waals surface area (Å²) in [5, 5.41) is 19.9. The molecule has 2 aromatic rings. The van der Waals surface area contributed by atoms with Crippen LogP contribution < -0.4 is 16.5 Å². The number of nitrogens with two attached hydrogens (primary N) is 1. The topological polar surface area (TPSA) is 144 Å². The first kappa shape index (κ1) is 21.4.